The lowest BCUT2D eigenvalue weighted by Gasteiger charge is -2.38. The van der Waals surface area contributed by atoms with E-state index < -0.39 is 21.8 Å². The van der Waals surface area contributed by atoms with Gasteiger partial charge in [-0.3, -0.25) is 9.69 Å². The first-order valence-corrected chi connectivity index (χ1v) is 12.3. The van der Waals surface area contributed by atoms with Crippen molar-refractivity contribution >= 4 is 15.9 Å². The molecule has 3 heterocycles. The van der Waals surface area contributed by atoms with E-state index in [9.17, 15) is 26.4 Å². The van der Waals surface area contributed by atoms with E-state index in [4.69, 9.17) is 4.42 Å². The Morgan fingerprint density at radius 3 is 2.30 bits per heavy atom. The fourth-order valence-corrected chi connectivity index (χ4v) is 5.85. The number of piperidine rings is 1. The van der Waals surface area contributed by atoms with Crippen LogP contribution >= 0.6 is 0 Å². The Balaban J connectivity index is 1.31. The van der Waals surface area contributed by atoms with Crippen molar-refractivity contribution in [2.24, 2.45) is 5.92 Å². The number of amides is 1. The number of alkyl halides is 3. The second-order valence-corrected chi connectivity index (χ2v) is 10.3. The molecule has 1 amide bonds. The maximum Gasteiger partial charge on any atom is 0.416 e. The summed E-state index contributed by atoms with van der Waals surface area (Å²) < 4.78 is 71.2. The van der Waals surface area contributed by atoms with Gasteiger partial charge in [-0.15, -0.1) is 0 Å². The summed E-state index contributed by atoms with van der Waals surface area (Å²) in [6, 6.07) is 7.53. The van der Waals surface area contributed by atoms with Gasteiger partial charge in [0.25, 0.3) is 0 Å². The zero-order valence-corrected chi connectivity index (χ0v) is 18.8. The van der Waals surface area contributed by atoms with Crippen molar-refractivity contribution < 1.29 is 30.8 Å². The number of benzene rings is 1. The van der Waals surface area contributed by atoms with Crippen LogP contribution in [0.1, 0.15) is 24.2 Å². The maximum atomic E-state index is 13.0. The van der Waals surface area contributed by atoms with Gasteiger partial charge in [0.15, 0.2) is 0 Å². The summed E-state index contributed by atoms with van der Waals surface area (Å²) in [5.41, 5.74) is -1.00. The summed E-state index contributed by atoms with van der Waals surface area (Å²) in [5.74, 6) is 0.613. The number of carbonyl (C=O) groups is 1. The lowest BCUT2D eigenvalue weighted by molar-refractivity contribution is -0.139. The highest BCUT2D eigenvalue weighted by molar-refractivity contribution is 7.89. The van der Waals surface area contributed by atoms with Gasteiger partial charge in [-0.25, -0.2) is 8.42 Å². The van der Waals surface area contributed by atoms with Crippen LogP contribution < -0.4 is 0 Å². The molecule has 0 saturated carbocycles. The second kappa shape index (κ2) is 9.47. The molecule has 0 aliphatic carbocycles. The molecule has 11 heteroatoms. The first kappa shape index (κ1) is 23.8. The highest BCUT2D eigenvalue weighted by Crippen LogP contribution is 2.32. The lowest BCUT2D eigenvalue weighted by atomic mass is 9.96. The topological polar surface area (TPSA) is 74.1 Å². The van der Waals surface area contributed by atoms with Crippen molar-refractivity contribution in [2.75, 3.05) is 39.3 Å². The summed E-state index contributed by atoms with van der Waals surface area (Å²) in [5, 5.41) is 0. The van der Waals surface area contributed by atoms with E-state index in [1.165, 1.54) is 10.4 Å². The molecule has 2 aliphatic rings. The molecule has 33 heavy (non-hydrogen) atoms. The van der Waals surface area contributed by atoms with Crippen LogP contribution in [0.5, 0.6) is 0 Å². The molecule has 2 aliphatic heterocycles. The molecule has 0 spiro atoms. The number of furan rings is 1. The smallest absolute Gasteiger partial charge is 0.416 e. The monoisotopic (exact) mass is 485 g/mol. The highest BCUT2D eigenvalue weighted by Gasteiger charge is 2.36. The molecule has 4 rings (SSSR count). The fourth-order valence-electron chi connectivity index (χ4n) is 4.33. The Bertz CT molecular complexity index is 1060. The van der Waals surface area contributed by atoms with Gasteiger partial charge in [0.05, 0.1) is 23.3 Å². The first-order chi connectivity index (χ1) is 15.6. The molecule has 2 fully saturated rings. The third-order valence-electron chi connectivity index (χ3n) is 6.25. The van der Waals surface area contributed by atoms with E-state index in [0.29, 0.717) is 38.5 Å². The van der Waals surface area contributed by atoms with Gasteiger partial charge in [0.2, 0.25) is 15.9 Å². The molecule has 0 unspecified atom stereocenters. The van der Waals surface area contributed by atoms with Crippen molar-refractivity contribution in [3.05, 3.63) is 54.0 Å². The van der Waals surface area contributed by atoms with Crippen molar-refractivity contribution in [1.29, 1.82) is 0 Å². The summed E-state index contributed by atoms with van der Waals surface area (Å²) >= 11 is 0. The largest absolute Gasteiger partial charge is 0.468 e. The van der Waals surface area contributed by atoms with Crippen LogP contribution in [-0.2, 0) is 27.5 Å². The summed E-state index contributed by atoms with van der Waals surface area (Å²) in [4.78, 5) is 16.6. The van der Waals surface area contributed by atoms with E-state index in [0.717, 1.165) is 31.0 Å². The Hall–Kier alpha value is -2.37. The number of sulfonamides is 1. The average Bonchev–Trinajstić information content (AvgIpc) is 3.32. The quantitative estimate of drug-likeness (QED) is 0.651. The van der Waals surface area contributed by atoms with Crippen molar-refractivity contribution in [1.82, 2.24) is 14.1 Å². The third kappa shape index (κ3) is 5.42. The molecular formula is C22H26F3N3O4S. The molecule has 1 aromatic carbocycles. The second-order valence-electron chi connectivity index (χ2n) is 8.38. The number of piperazine rings is 1. The number of carbonyl (C=O) groups excluding carboxylic acids is 1. The molecule has 0 radical (unpaired) electrons. The summed E-state index contributed by atoms with van der Waals surface area (Å²) in [6.07, 6.45) is -2.28. The molecule has 1 aromatic heterocycles. The summed E-state index contributed by atoms with van der Waals surface area (Å²) in [6.45, 7) is 3.57. The molecule has 2 aromatic rings. The Labute approximate surface area is 190 Å². The molecule has 180 valence electrons. The zero-order valence-electron chi connectivity index (χ0n) is 18.0. The van der Waals surface area contributed by atoms with Gasteiger partial charge in [-0.2, -0.15) is 17.5 Å². The number of halogens is 3. The maximum absolute atomic E-state index is 13.0. The lowest BCUT2D eigenvalue weighted by Crippen LogP contribution is -2.51. The molecule has 2 saturated heterocycles. The Morgan fingerprint density at radius 1 is 1.00 bits per heavy atom. The molecule has 7 nitrogen and oxygen atoms in total. The predicted octanol–water partition coefficient (Wildman–Crippen LogP) is 3.04. The van der Waals surface area contributed by atoms with Gasteiger partial charge in [0, 0.05) is 45.2 Å². The van der Waals surface area contributed by atoms with Crippen LogP contribution in [0.25, 0.3) is 0 Å². The van der Waals surface area contributed by atoms with Crippen LogP contribution in [-0.4, -0.2) is 67.7 Å². The van der Waals surface area contributed by atoms with Crippen LogP contribution in [0.4, 0.5) is 13.2 Å². The average molecular weight is 486 g/mol. The van der Waals surface area contributed by atoms with E-state index in [2.05, 4.69) is 4.90 Å². The van der Waals surface area contributed by atoms with E-state index in [1.807, 2.05) is 17.0 Å². The standard InChI is InChI=1S/C22H26F3N3O4S/c23-22(24,25)18-3-1-5-20(15-18)33(30,31)28-8-6-17(7-9-28)21(29)27-12-10-26(11-13-27)16-19-4-2-14-32-19/h1-5,14-15,17H,6-13,16H2. The molecule has 0 N–H and O–H groups in total. The van der Waals surface area contributed by atoms with E-state index >= 15 is 0 Å². The number of hydrogen-bond acceptors (Lipinski definition) is 5. The Kier molecular flexibility index (Phi) is 6.83. The van der Waals surface area contributed by atoms with Crippen LogP contribution in [0.15, 0.2) is 52.0 Å². The molecule has 0 atom stereocenters. The number of rotatable bonds is 5. The zero-order chi connectivity index (χ0) is 23.6. The highest BCUT2D eigenvalue weighted by atomic mass is 32.2. The van der Waals surface area contributed by atoms with Crippen LogP contribution in [0.2, 0.25) is 0 Å². The molecular weight excluding hydrogens is 459 g/mol. The van der Waals surface area contributed by atoms with Crippen LogP contribution in [0, 0.1) is 5.92 Å². The van der Waals surface area contributed by atoms with Gasteiger partial charge in [0.1, 0.15) is 5.76 Å². The van der Waals surface area contributed by atoms with Gasteiger partial charge in [-0.1, -0.05) is 6.07 Å². The first-order valence-electron chi connectivity index (χ1n) is 10.9. The normalized spacial score (nSPS) is 19.7. The van der Waals surface area contributed by atoms with Crippen LogP contribution in [0.3, 0.4) is 0 Å². The number of hydrogen-bond donors (Lipinski definition) is 0. The minimum Gasteiger partial charge on any atom is -0.468 e. The Morgan fingerprint density at radius 2 is 1.70 bits per heavy atom. The van der Waals surface area contributed by atoms with Gasteiger partial charge in [-0.05, 0) is 43.2 Å². The minimum atomic E-state index is -4.62. The van der Waals surface area contributed by atoms with E-state index in [1.54, 1.807) is 6.26 Å². The minimum absolute atomic E-state index is 0.0174. The SMILES string of the molecule is O=C(C1CCN(S(=O)(=O)c2cccc(C(F)(F)F)c2)CC1)N1CCN(Cc2ccco2)CC1. The van der Waals surface area contributed by atoms with Crippen molar-refractivity contribution in [2.45, 2.75) is 30.5 Å². The van der Waals surface area contributed by atoms with Crippen molar-refractivity contribution in [3.63, 3.8) is 0 Å². The predicted molar refractivity (Wildman–Crippen MR) is 113 cm³/mol. The number of nitrogens with zero attached hydrogens (tertiary/aromatic N) is 3. The fraction of sp³-hybridized carbons (Fsp3) is 0.500. The van der Waals surface area contributed by atoms with Crippen molar-refractivity contribution in [3.8, 4) is 0 Å². The van der Waals surface area contributed by atoms with Gasteiger partial charge >= 0.3 is 6.18 Å². The summed E-state index contributed by atoms with van der Waals surface area (Å²) in [7, 11) is -4.06. The van der Waals surface area contributed by atoms with Gasteiger partial charge < -0.3 is 9.32 Å². The molecule has 0 bridgehead atoms. The van der Waals surface area contributed by atoms with E-state index in [-0.39, 0.29) is 29.8 Å². The third-order valence-corrected chi connectivity index (χ3v) is 8.14.